The summed E-state index contributed by atoms with van der Waals surface area (Å²) in [4.78, 5) is 16.1. The normalized spacial score (nSPS) is 10.4. The van der Waals surface area contributed by atoms with E-state index in [1.807, 2.05) is 6.07 Å². The first-order valence-corrected chi connectivity index (χ1v) is 7.89. The molecule has 0 fully saturated rings. The van der Waals surface area contributed by atoms with Crippen LogP contribution in [0.3, 0.4) is 0 Å². The second-order valence-corrected chi connectivity index (χ2v) is 5.33. The van der Waals surface area contributed by atoms with Crippen LogP contribution < -0.4 is 10.1 Å². The van der Waals surface area contributed by atoms with Gasteiger partial charge in [0.25, 0.3) is 5.91 Å². The van der Waals surface area contributed by atoms with E-state index in [9.17, 15) is 9.90 Å². The Bertz CT molecular complexity index is 833. The maximum Gasteiger partial charge on any atom is 0.269 e. The Kier molecular flexibility index (Phi) is 5.26. The molecule has 0 atom stereocenters. The summed E-state index contributed by atoms with van der Waals surface area (Å²) < 4.78 is 5.51. The molecule has 0 saturated carbocycles. The molecule has 3 rings (SSSR count). The fourth-order valence-corrected chi connectivity index (χ4v) is 2.26. The van der Waals surface area contributed by atoms with E-state index in [-0.39, 0.29) is 11.7 Å². The number of ether oxygens (including phenoxy) is 1. The van der Waals surface area contributed by atoms with Gasteiger partial charge in [-0.15, -0.1) is 0 Å². The second kappa shape index (κ2) is 7.96. The van der Waals surface area contributed by atoms with Gasteiger partial charge in [0.1, 0.15) is 17.2 Å². The number of aromatic hydroxyl groups is 1. The highest BCUT2D eigenvalue weighted by Gasteiger charge is 2.12. The SMILES string of the molecule is O=C(NCCCOc1cccnc1)c1cc(-c2ccccc2O)n[nH]1. The molecular weight excluding hydrogens is 320 g/mol. The number of amides is 1. The number of aromatic amines is 1. The lowest BCUT2D eigenvalue weighted by Crippen LogP contribution is -2.25. The van der Waals surface area contributed by atoms with Crippen molar-refractivity contribution in [2.75, 3.05) is 13.2 Å². The largest absolute Gasteiger partial charge is 0.507 e. The van der Waals surface area contributed by atoms with Gasteiger partial charge in [0.2, 0.25) is 0 Å². The van der Waals surface area contributed by atoms with Crippen LogP contribution in [0.2, 0.25) is 0 Å². The van der Waals surface area contributed by atoms with Crippen molar-refractivity contribution in [1.82, 2.24) is 20.5 Å². The summed E-state index contributed by atoms with van der Waals surface area (Å²) in [5.74, 6) is 0.568. The van der Waals surface area contributed by atoms with E-state index >= 15 is 0 Å². The minimum absolute atomic E-state index is 0.119. The molecule has 0 aliphatic rings. The van der Waals surface area contributed by atoms with Gasteiger partial charge < -0.3 is 15.2 Å². The van der Waals surface area contributed by atoms with Gasteiger partial charge in [-0.2, -0.15) is 5.10 Å². The number of para-hydroxylation sites is 1. The average molecular weight is 338 g/mol. The maximum atomic E-state index is 12.1. The molecule has 3 aromatic rings. The van der Waals surface area contributed by atoms with Gasteiger partial charge >= 0.3 is 0 Å². The lowest BCUT2D eigenvalue weighted by atomic mass is 10.1. The van der Waals surface area contributed by atoms with Crippen molar-refractivity contribution in [3.05, 3.63) is 60.6 Å². The lowest BCUT2D eigenvalue weighted by molar-refractivity contribution is 0.0946. The van der Waals surface area contributed by atoms with Crippen LogP contribution in [0.4, 0.5) is 0 Å². The van der Waals surface area contributed by atoms with Gasteiger partial charge in [-0.1, -0.05) is 12.1 Å². The number of phenols is 1. The number of phenolic OH excluding ortho intramolecular Hbond substituents is 1. The quantitative estimate of drug-likeness (QED) is 0.574. The van der Waals surface area contributed by atoms with E-state index in [0.717, 1.165) is 0 Å². The molecule has 7 heteroatoms. The summed E-state index contributed by atoms with van der Waals surface area (Å²) >= 11 is 0. The van der Waals surface area contributed by atoms with E-state index in [4.69, 9.17) is 4.74 Å². The summed E-state index contributed by atoms with van der Waals surface area (Å²) in [6.07, 6.45) is 3.99. The molecule has 128 valence electrons. The van der Waals surface area contributed by atoms with Crippen LogP contribution in [0.1, 0.15) is 16.9 Å². The van der Waals surface area contributed by atoms with Crippen LogP contribution in [0.5, 0.6) is 11.5 Å². The van der Waals surface area contributed by atoms with Gasteiger partial charge in [0.15, 0.2) is 0 Å². The van der Waals surface area contributed by atoms with Gasteiger partial charge in [-0.25, -0.2) is 0 Å². The highest BCUT2D eigenvalue weighted by molar-refractivity contribution is 5.93. The van der Waals surface area contributed by atoms with Crippen molar-refractivity contribution in [2.45, 2.75) is 6.42 Å². The minimum Gasteiger partial charge on any atom is -0.507 e. The van der Waals surface area contributed by atoms with Crippen molar-refractivity contribution in [3.8, 4) is 22.8 Å². The number of carbonyl (C=O) groups is 1. The topological polar surface area (TPSA) is 100 Å². The van der Waals surface area contributed by atoms with Crippen molar-refractivity contribution in [3.63, 3.8) is 0 Å². The van der Waals surface area contributed by atoms with Gasteiger partial charge in [-0.3, -0.25) is 14.9 Å². The van der Waals surface area contributed by atoms with Crippen molar-refractivity contribution >= 4 is 5.91 Å². The standard InChI is InChI=1S/C18H18N4O3/c23-17-7-2-1-6-14(17)15-11-16(22-21-15)18(24)20-9-4-10-25-13-5-3-8-19-12-13/h1-3,5-8,11-12,23H,4,9-10H2,(H,20,24)(H,21,22). The van der Waals surface area contributed by atoms with Crippen LogP contribution in [0.15, 0.2) is 54.9 Å². The van der Waals surface area contributed by atoms with Crippen molar-refractivity contribution in [1.29, 1.82) is 0 Å². The van der Waals surface area contributed by atoms with Crippen LogP contribution >= 0.6 is 0 Å². The van der Waals surface area contributed by atoms with Gasteiger partial charge in [0.05, 0.1) is 18.5 Å². The molecule has 0 spiro atoms. The summed E-state index contributed by atoms with van der Waals surface area (Å²) in [5, 5.41) is 19.4. The number of hydrogen-bond donors (Lipinski definition) is 3. The number of nitrogens with zero attached hydrogens (tertiary/aromatic N) is 2. The van der Waals surface area contributed by atoms with E-state index in [2.05, 4.69) is 20.5 Å². The highest BCUT2D eigenvalue weighted by Crippen LogP contribution is 2.27. The van der Waals surface area contributed by atoms with E-state index < -0.39 is 0 Å². The Morgan fingerprint density at radius 2 is 2.12 bits per heavy atom. The van der Waals surface area contributed by atoms with Crippen molar-refractivity contribution in [2.24, 2.45) is 0 Å². The molecule has 2 heterocycles. The molecule has 1 aromatic carbocycles. The number of rotatable bonds is 7. The zero-order valence-corrected chi connectivity index (χ0v) is 13.5. The number of pyridine rings is 1. The van der Waals surface area contributed by atoms with E-state index in [1.54, 1.807) is 48.8 Å². The predicted octanol–water partition coefficient (Wildman–Crippen LogP) is 2.38. The Hall–Kier alpha value is -3.35. The smallest absolute Gasteiger partial charge is 0.269 e. The first kappa shape index (κ1) is 16.5. The molecule has 0 radical (unpaired) electrons. The number of H-pyrrole nitrogens is 1. The molecular formula is C18H18N4O3. The van der Waals surface area contributed by atoms with Crippen LogP contribution in [0.25, 0.3) is 11.3 Å². The third-order valence-corrected chi connectivity index (χ3v) is 3.51. The molecule has 25 heavy (non-hydrogen) atoms. The number of nitrogens with one attached hydrogen (secondary N) is 2. The van der Waals surface area contributed by atoms with E-state index in [0.29, 0.717) is 42.3 Å². The first-order chi connectivity index (χ1) is 12.2. The van der Waals surface area contributed by atoms with Gasteiger partial charge in [-0.05, 0) is 36.8 Å². The Labute approximate surface area is 144 Å². The predicted molar refractivity (Wildman–Crippen MR) is 92.4 cm³/mol. The molecule has 7 nitrogen and oxygen atoms in total. The number of benzene rings is 1. The Balaban J connectivity index is 1.47. The maximum absolute atomic E-state index is 12.1. The first-order valence-electron chi connectivity index (χ1n) is 7.89. The van der Waals surface area contributed by atoms with Crippen LogP contribution in [0, 0.1) is 0 Å². The van der Waals surface area contributed by atoms with Crippen molar-refractivity contribution < 1.29 is 14.6 Å². The minimum atomic E-state index is -0.254. The molecule has 0 unspecified atom stereocenters. The molecule has 3 N–H and O–H groups in total. The summed E-state index contributed by atoms with van der Waals surface area (Å²) in [6.45, 7) is 0.960. The number of carbonyl (C=O) groups excluding carboxylic acids is 1. The zero-order valence-electron chi connectivity index (χ0n) is 13.5. The molecule has 0 aliphatic heterocycles. The monoisotopic (exact) mass is 338 g/mol. The molecule has 2 aromatic heterocycles. The van der Waals surface area contributed by atoms with E-state index in [1.165, 1.54) is 0 Å². The van der Waals surface area contributed by atoms with Gasteiger partial charge in [0, 0.05) is 18.3 Å². The third kappa shape index (κ3) is 4.35. The Morgan fingerprint density at radius 1 is 1.24 bits per heavy atom. The molecule has 1 amide bonds. The Morgan fingerprint density at radius 3 is 2.92 bits per heavy atom. The van der Waals surface area contributed by atoms with Crippen LogP contribution in [-0.2, 0) is 0 Å². The highest BCUT2D eigenvalue weighted by atomic mass is 16.5. The second-order valence-electron chi connectivity index (χ2n) is 5.33. The number of aromatic nitrogens is 3. The fraction of sp³-hybridized carbons (Fsp3) is 0.167. The molecule has 0 saturated heterocycles. The number of hydrogen-bond acceptors (Lipinski definition) is 5. The zero-order chi connectivity index (χ0) is 17.5. The van der Waals surface area contributed by atoms with Crippen LogP contribution in [-0.4, -0.2) is 39.3 Å². The molecule has 0 bridgehead atoms. The third-order valence-electron chi connectivity index (χ3n) is 3.51. The average Bonchev–Trinajstić information content (AvgIpc) is 3.12. The lowest BCUT2D eigenvalue weighted by Gasteiger charge is -2.06. The summed E-state index contributed by atoms with van der Waals surface area (Å²) in [6, 6.07) is 12.1. The summed E-state index contributed by atoms with van der Waals surface area (Å²) in [5.41, 5.74) is 1.43. The molecule has 0 aliphatic carbocycles. The summed E-state index contributed by atoms with van der Waals surface area (Å²) in [7, 11) is 0. The fourth-order valence-electron chi connectivity index (χ4n) is 2.26.